The van der Waals surface area contributed by atoms with Crippen LogP contribution in [-0.2, 0) is 21.4 Å². The van der Waals surface area contributed by atoms with Gasteiger partial charge in [-0.05, 0) is 38.1 Å². The van der Waals surface area contributed by atoms with Crippen molar-refractivity contribution in [1.82, 2.24) is 9.78 Å². The molecule has 0 aliphatic heterocycles. The Balaban J connectivity index is 2.23. The Morgan fingerprint density at radius 1 is 1.30 bits per heavy atom. The molecule has 0 spiro atoms. The Morgan fingerprint density at radius 2 is 1.91 bits per heavy atom. The molecule has 2 aromatic rings. The number of aromatic nitrogens is 2. The number of aryl methyl sites for hydroxylation is 2. The van der Waals surface area contributed by atoms with E-state index in [4.69, 9.17) is 0 Å². The highest BCUT2D eigenvalue weighted by atomic mass is 32.2. The van der Waals surface area contributed by atoms with E-state index < -0.39 is 10.0 Å². The van der Waals surface area contributed by atoms with E-state index in [-0.39, 0.29) is 10.8 Å². The summed E-state index contributed by atoms with van der Waals surface area (Å²) in [7, 11) is -2.04. The fourth-order valence-corrected chi connectivity index (χ4v) is 3.32. The van der Waals surface area contributed by atoms with Crippen LogP contribution in [-0.4, -0.2) is 31.2 Å². The molecular formula is C15H20N4O3S. The van der Waals surface area contributed by atoms with Crippen molar-refractivity contribution in [2.24, 2.45) is 0 Å². The average Bonchev–Trinajstić information content (AvgIpc) is 2.89. The SMILES string of the molecule is CCn1cc(S(=O)(=O)Nc2ccc(N(C)C(C)=O)cc2)c(C)n1. The van der Waals surface area contributed by atoms with Gasteiger partial charge in [0.05, 0.1) is 5.69 Å². The topological polar surface area (TPSA) is 84.3 Å². The molecule has 8 heteroatoms. The highest BCUT2D eigenvalue weighted by Crippen LogP contribution is 2.21. The molecule has 0 radical (unpaired) electrons. The van der Waals surface area contributed by atoms with Crippen LogP contribution in [0.3, 0.4) is 0 Å². The Labute approximate surface area is 136 Å². The summed E-state index contributed by atoms with van der Waals surface area (Å²) in [6.45, 7) is 5.61. The number of carbonyl (C=O) groups is 1. The zero-order chi connectivity index (χ0) is 17.2. The number of anilines is 2. The average molecular weight is 336 g/mol. The molecule has 2 rings (SSSR count). The van der Waals surface area contributed by atoms with Crippen molar-refractivity contribution in [2.75, 3.05) is 16.7 Å². The molecule has 1 heterocycles. The van der Waals surface area contributed by atoms with Gasteiger partial charge < -0.3 is 4.90 Å². The standard InChI is InChI=1S/C15H20N4O3S/c1-5-19-10-15(11(2)16-19)23(21,22)17-13-6-8-14(9-7-13)18(4)12(3)20/h6-10,17H,5H2,1-4H3. The summed E-state index contributed by atoms with van der Waals surface area (Å²) in [6, 6.07) is 6.60. The van der Waals surface area contributed by atoms with E-state index in [1.807, 2.05) is 6.92 Å². The lowest BCUT2D eigenvalue weighted by Gasteiger charge is -2.15. The summed E-state index contributed by atoms with van der Waals surface area (Å²) < 4.78 is 29.0. The lowest BCUT2D eigenvalue weighted by molar-refractivity contribution is -0.116. The van der Waals surface area contributed by atoms with E-state index in [2.05, 4.69) is 9.82 Å². The van der Waals surface area contributed by atoms with Crippen LogP contribution in [0.25, 0.3) is 0 Å². The number of amides is 1. The number of hydrogen-bond acceptors (Lipinski definition) is 4. The molecule has 0 unspecified atom stereocenters. The quantitative estimate of drug-likeness (QED) is 0.905. The molecule has 0 atom stereocenters. The van der Waals surface area contributed by atoms with Crippen molar-refractivity contribution in [3.05, 3.63) is 36.2 Å². The summed E-state index contributed by atoms with van der Waals surface area (Å²) in [4.78, 5) is 13.0. The Morgan fingerprint density at radius 3 is 2.39 bits per heavy atom. The van der Waals surface area contributed by atoms with Crippen molar-refractivity contribution < 1.29 is 13.2 Å². The van der Waals surface area contributed by atoms with Crippen LogP contribution in [0.5, 0.6) is 0 Å². The van der Waals surface area contributed by atoms with Gasteiger partial charge in [-0.25, -0.2) is 8.42 Å². The third kappa shape index (κ3) is 3.70. The highest BCUT2D eigenvalue weighted by Gasteiger charge is 2.20. The summed E-state index contributed by atoms with van der Waals surface area (Å²) in [6.07, 6.45) is 1.51. The van der Waals surface area contributed by atoms with E-state index in [9.17, 15) is 13.2 Å². The number of nitrogens with zero attached hydrogens (tertiary/aromatic N) is 3. The van der Waals surface area contributed by atoms with E-state index in [1.54, 1.807) is 42.9 Å². The van der Waals surface area contributed by atoms with Gasteiger partial charge in [0.2, 0.25) is 5.91 Å². The zero-order valence-electron chi connectivity index (χ0n) is 13.6. The first-order valence-corrected chi connectivity index (χ1v) is 8.64. The van der Waals surface area contributed by atoms with Crippen molar-refractivity contribution in [3.8, 4) is 0 Å². The van der Waals surface area contributed by atoms with Crippen molar-refractivity contribution in [1.29, 1.82) is 0 Å². The van der Waals surface area contributed by atoms with E-state index in [0.717, 1.165) is 0 Å². The van der Waals surface area contributed by atoms with E-state index >= 15 is 0 Å². The van der Waals surface area contributed by atoms with Gasteiger partial charge in [0.25, 0.3) is 10.0 Å². The molecular weight excluding hydrogens is 316 g/mol. The lowest BCUT2D eigenvalue weighted by atomic mass is 10.2. The second-order valence-electron chi connectivity index (χ2n) is 5.16. The maximum atomic E-state index is 12.4. The van der Waals surface area contributed by atoms with Crippen LogP contribution in [0, 0.1) is 6.92 Å². The normalized spacial score (nSPS) is 11.3. The molecule has 7 nitrogen and oxygen atoms in total. The fourth-order valence-electron chi connectivity index (χ4n) is 2.07. The van der Waals surface area contributed by atoms with Gasteiger partial charge in [0, 0.05) is 38.1 Å². The van der Waals surface area contributed by atoms with Crippen LogP contribution in [0.15, 0.2) is 35.4 Å². The van der Waals surface area contributed by atoms with Crippen LogP contribution in [0.1, 0.15) is 19.5 Å². The first-order chi connectivity index (χ1) is 10.7. The molecule has 0 aliphatic rings. The highest BCUT2D eigenvalue weighted by molar-refractivity contribution is 7.92. The van der Waals surface area contributed by atoms with Gasteiger partial charge in [0.1, 0.15) is 4.90 Å². The molecule has 124 valence electrons. The number of carbonyl (C=O) groups excluding carboxylic acids is 1. The van der Waals surface area contributed by atoms with Gasteiger partial charge in [-0.3, -0.25) is 14.2 Å². The number of nitrogens with one attached hydrogen (secondary N) is 1. The molecule has 23 heavy (non-hydrogen) atoms. The monoisotopic (exact) mass is 336 g/mol. The van der Waals surface area contributed by atoms with E-state index in [0.29, 0.717) is 23.6 Å². The third-order valence-corrected chi connectivity index (χ3v) is 4.98. The van der Waals surface area contributed by atoms with Gasteiger partial charge in [-0.15, -0.1) is 0 Å². The maximum absolute atomic E-state index is 12.4. The minimum absolute atomic E-state index is 0.0964. The smallest absolute Gasteiger partial charge is 0.265 e. The van der Waals surface area contributed by atoms with Crippen LogP contribution >= 0.6 is 0 Å². The molecule has 1 aromatic heterocycles. The molecule has 0 aliphatic carbocycles. The van der Waals surface area contributed by atoms with Gasteiger partial charge in [-0.2, -0.15) is 5.10 Å². The predicted octanol–water partition coefficient (Wildman–Crippen LogP) is 1.99. The largest absolute Gasteiger partial charge is 0.316 e. The first kappa shape index (κ1) is 17.0. The molecule has 0 fully saturated rings. The van der Waals surface area contributed by atoms with Crippen LogP contribution in [0.2, 0.25) is 0 Å². The lowest BCUT2D eigenvalue weighted by Crippen LogP contribution is -2.22. The maximum Gasteiger partial charge on any atom is 0.265 e. The minimum Gasteiger partial charge on any atom is -0.316 e. The molecule has 1 N–H and O–H groups in total. The number of rotatable bonds is 5. The molecule has 1 aromatic carbocycles. The fraction of sp³-hybridized carbons (Fsp3) is 0.333. The summed E-state index contributed by atoms with van der Waals surface area (Å²) in [5, 5.41) is 4.15. The van der Waals surface area contributed by atoms with Crippen LogP contribution in [0.4, 0.5) is 11.4 Å². The number of sulfonamides is 1. The van der Waals surface area contributed by atoms with Crippen LogP contribution < -0.4 is 9.62 Å². The molecule has 1 amide bonds. The molecule has 0 saturated heterocycles. The summed E-state index contributed by atoms with van der Waals surface area (Å²) in [5.74, 6) is -0.0964. The predicted molar refractivity (Wildman–Crippen MR) is 89.0 cm³/mol. The van der Waals surface area contributed by atoms with Crippen molar-refractivity contribution in [2.45, 2.75) is 32.2 Å². The third-order valence-electron chi connectivity index (χ3n) is 3.49. The molecule has 0 bridgehead atoms. The Kier molecular flexibility index (Phi) is 4.74. The zero-order valence-corrected chi connectivity index (χ0v) is 14.4. The second kappa shape index (κ2) is 6.41. The Bertz CT molecular complexity index is 810. The van der Waals surface area contributed by atoms with Crippen molar-refractivity contribution in [3.63, 3.8) is 0 Å². The molecule has 0 saturated carbocycles. The minimum atomic E-state index is -3.70. The van der Waals surface area contributed by atoms with Crippen molar-refractivity contribution >= 4 is 27.3 Å². The summed E-state index contributed by atoms with van der Waals surface area (Å²) >= 11 is 0. The van der Waals surface area contributed by atoms with Gasteiger partial charge in [-0.1, -0.05) is 0 Å². The van der Waals surface area contributed by atoms with Gasteiger partial charge >= 0.3 is 0 Å². The summed E-state index contributed by atoms with van der Waals surface area (Å²) in [5.41, 5.74) is 1.57. The Hall–Kier alpha value is -2.35. The first-order valence-electron chi connectivity index (χ1n) is 7.16. The van der Waals surface area contributed by atoms with Gasteiger partial charge in [0.15, 0.2) is 0 Å². The second-order valence-corrected chi connectivity index (χ2v) is 6.82. The number of hydrogen-bond donors (Lipinski definition) is 1. The van der Waals surface area contributed by atoms with E-state index in [1.165, 1.54) is 18.0 Å². The number of benzene rings is 1.